The van der Waals surface area contributed by atoms with Crippen molar-refractivity contribution in [2.45, 2.75) is 0 Å². The molecule has 0 spiro atoms. The van der Waals surface area contributed by atoms with Crippen LogP contribution >= 0.6 is 0 Å². The van der Waals surface area contributed by atoms with Gasteiger partial charge in [-0.1, -0.05) is 12.1 Å². The van der Waals surface area contributed by atoms with E-state index in [1.165, 1.54) is 0 Å². The second-order valence-corrected chi connectivity index (χ2v) is 2.83. The van der Waals surface area contributed by atoms with Crippen LogP contribution in [0.15, 0.2) is 24.3 Å². The lowest BCUT2D eigenvalue weighted by Gasteiger charge is -2.06. The molecule has 0 fully saturated rings. The first-order valence-corrected chi connectivity index (χ1v) is 4.53. The summed E-state index contributed by atoms with van der Waals surface area (Å²) in [7, 11) is 0. The van der Waals surface area contributed by atoms with Crippen LogP contribution in [0.3, 0.4) is 0 Å². The first-order chi connectivity index (χ1) is 7.77. The highest BCUT2D eigenvalue weighted by atomic mass is 16.5. The van der Waals surface area contributed by atoms with Crippen LogP contribution in [0.1, 0.15) is 5.56 Å². The normalized spacial score (nSPS) is 8.62. The zero-order valence-electron chi connectivity index (χ0n) is 8.43. The van der Waals surface area contributed by atoms with Crippen molar-refractivity contribution >= 4 is 5.91 Å². The molecule has 1 amide bonds. The summed E-state index contributed by atoms with van der Waals surface area (Å²) in [6.45, 7) is -0.261. The van der Waals surface area contributed by atoms with Crippen LogP contribution in [0.5, 0.6) is 5.75 Å². The zero-order chi connectivity index (χ0) is 11.8. The van der Waals surface area contributed by atoms with Gasteiger partial charge in [0.25, 0.3) is 5.91 Å². The number of hydrogen-bond donors (Lipinski definition) is 1. The highest BCUT2D eigenvalue weighted by Crippen LogP contribution is 2.15. The number of amides is 1. The van der Waals surface area contributed by atoms with Gasteiger partial charge in [-0.2, -0.15) is 10.5 Å². The van der Waals surface area contributed by atoms with Crippen molar-refractivity contribution in [2.24, 2.45) is 0 Å². The number of ether oxygens (including phenoxy) is 1. The third-order valence-electron chi connectivity index (χ3n) is 1.73. The molecule has 0 heterocycles. The average Bonchev–Trinajstić information content (AvgIpc) is 2.34. The van der Waals surface area contributed by atoms with Crippen LogP contribution in [0, 0.1) is 22.7 Å². The van der Waals surface area contributed by atoms with Crippen LogP contribution in [-0.4, -0.2) is 19.1 Å². The van der Waals surface area contributed by atoms with Crippen molar-refractivity contribution in [2.75, 3.05) is 13.2 Å². The van der Waals surface area contributed by atoms with Crippen molar-refractivity contribution < 1.29 is 9.53 Å². The Morgan fingerprint density at radius 3 is 2.81 bits per heavy atom. The minimum absolute atomic E-state index is 0.0535. The Morgan fingerprint density at radius 1 is 1.38 bits per heavy atom. The van der Waals surface area contributed by atoms with Gasteiger partial charge in [-0.05, 0) is 12.1 Å². The van der Waals surface area contributed by atoms with Crippen LogP contribution in [0.2, 0.25) is 0 Å². The maximum Gasteiger partial charge on any atom is 0.258 e. The molecule has 0 aromatic heterocycles. The molecule has 16 heavy (non-hydrogen) atoms. The lowest BCUT2D eigenvalue weighted by atomic mass is 10.2. The topological polar surface area (TPSA) is 85.9 Å². The molecule has 0 aliphatic heterocycles. The standard InChI is InChI=1S/C11H9N3O2/c12-5-6-14-11(15)8-16-10-4-2-1-3-9(10)7-13/h1-4H,6,8H2,(H,14,15). The monoisotopic (exact) mass is 215 g/mol. The molecule has 1 aromatic rings. The number of nitrogens with zero attached hydrogens (tertiary/aromatic N) is 2. The van der Waals surface area contributed by atoms with Gasteiger partial charge in [0.1, 0.15) is 18.4 Å². The van der Waals surface area contributed by atoms with E-state index in [9.17, 15) is 4.79 Å². The van der Waals surface area contributed by atoms with E-state index in [1.54, 1.807) is 30.3 Å². The van der Waals surface area contributed by atoms with Crippen molar-refractivity contribution in [3.63, 3.8) is 0 Å². The molecule has 0 saturated carbocycles. The number of nitriles is 2. The predicted molar refractivity (Wildman–Crippen MR) is 55.3 cm³/mol. The molecule has 80 valence electrons. The first-order valence-electron chi connectivity index (χ1n) is 4.53. The van der Waals surface area contributed by atoms with E-state index < -0.39 is 5.91 Å². The molecule has 0 atom stereocenters. The van der Waals surface area contributed by atoms with E-state index in [0.717, 1.165) is 0 Å². The molecular weight excluding hydrogens is 206 g/mol. The number of hydrogen-bond acceptors (Lipinski definition) is 4. The van der Waals surface area contributed by atoms with Crippen molar-refractivity contribution in [1.29, 1.82) is 10.5 Å². The van der Waals surface area contributed by atoms with E-state index >= 15 is 0 Å². The Hall–Kier alpha value is -2.53. The van der Waals surface area contributed by atoms with E-state index in [-0.39, 0.29) is 13.2 Å². The summed E-state index contributed by atoms with van der Waals surface area (Å²) in [5.41, 5.74) is 0.371. The molecule has 0 aliphatic rings. The molecule has 5 nitrogen and oxygen atoms in total. The zero-order valence-corrected chi connectivity index (χ0v) is 8.43. The Morgan fingerprint density at radius 2 is 2.12 bits per heavy atom. The fourth-order valence-electron chi connectivity index (χ4n) is 1.02. The summed E-state index contributed by atoms with van der Waals surface area (Å²) in [5.74, 6) is -0.0357. The van der Waals surface area contributed by atoms with E-state index in [1.807, 2.05) is 6.07 Å². The number of para-hydroxylation sites is 1. The molecule has 1 rings (SSSR count). The summed E-state index contributed by atoms with van der Waals surface area (Å²) in [4.78, 5) is 11.1. The fourth-order valence-corrected chi connectivity index (χ4v) is 1.02. The molecule has 0 unspecified atom stereocenters. The molecule has 0 radical (unpaired) electrons. The van der Waals surface area contributed by atoms with Gasteiger partial charge in [0.2, 0.25) is 0 Å². The summed E-state index contributed by atoms with van der Waals surface area (Å²) in [6.07, 6.45) is 0. The number of rotatable bonds is 4. The maximum absolute atomic E-state index is 11.1. The Bertz CT molecular complexity index is 457. The van der Waals surface area contributed by atoms with Gasteiger partial charge in [0, 0.05) is 0 Å². The molecule has 1 aromatic carbocycles. The average molecular weight is 215 g/mol. The molecule has 1 N–H and O–H groups in total. The third-order valence-corrected chi connectivity index (χ3v) is 1.73. The van der Waals surface area contributed by atoms with Gasteiger partial charge in [0.05, 0.1) is 11.6 Å². The van der Waals surface area contributed by atoms with Crippen molar-refractivity contribution in [1.82, 2.24) is 5.32 Å². The summed E-state index contributed by atoms with van der Waals surface area (Å²) in [6, 6.07) is 10.4. The maximum atomic E-state index is 11.1. The SMILES string of the molecule is N#CCNC(=O)COc1ccccc1C#N. The van der Waals surface area contributed by atoms with Crippen molar-refractivity contribution in [3.05, 3.63) is 29.8 Å². The second kappa shape index (κ2) is 6.05. The molecular formula is C11H9N3O2. The number of carbonyl (C=O) groups excluding carboxylic acids is 1. The van der Waals surface area contributed by atoms with Gasteiger partial charge in [-0.3, -0.25) is 4.79 Å². The Labute approximate surface area is 92.9 Å². The summed E-state index contributed by atoms with van der Waals surface area (Å²) in [5, 5.41) is 19.3. The predicted octanol–water partition coefficient (Wildman–Crippen LogP) is 0.577. The Kier molecular flexibility index (Phi) is 4.36. The van der Waals surface area contributed by atoms with Crippen LogP contribution in [0.4, 0.5) is 0 Å². The minimum atomic E-state index is -0.394. The van der Waals surface area contributed by atoms with Gasteiger partial charge < -0.3 is 10.1 Å². The highest BCUT2D eigenvalue weighted by molar-refractivity contribution is 5.77. The lowest BCUT2D eigenvalue weighted by Crippen LogP contribution is -2.29. The second-order valence-electron chi connectivity index (χ2n) is 2.83. The summed E-state index contributed by atoms with van der Waals surface area (Å²) >= 11 is 0. The van der Waals surface area contributed by atoms with Gasteiger partial charge >= 0.3 is 0 Å². The van der Waals surface area contributed by atoms with Crippen LogP contribution in [-0.2, 0) is 4.79 Å². The third kappa shape index (κ3) is 3.32. The van der Waals surface area contributed by atoms with E-state index in [4.69, 9.17) is 15.3 Å². The molecule has 0 bridgehead atoms. The quantitative estimate of drug-likeness (QED) is 0.744. The lowest BCUT2D eigenvalue weighted by molar-refractivity contribution is -0.122. The van der Waals surface area contributed by atoms with E-state index in [0.29, 0.717) is 11.3 Å². The van der Waals surface area contributed by atoms with Crippen LogP contribution in [0.25, 0.3) is 0 Å². The highest BCUT2D eigenvalue weighted by Gasteiger charge is 2.05. The molecule has 0 aliphatic carbocycles. The van der Waals surface area contributed by atoms with Gasteiger partial charge in [0.15, 0.2) is 6.61 Å². The van der Waals surface area contributed by atoms with Crippen molar-refractivity contribution in [3.8, 4) is 17.9 Å². The van der Waals surface area contributed by atoms with Gasteiger partial charge in [-0.15, -0.1) is 0 Å². The molecule has 5 heteroatoms. The Balaban J connectivity index is 2.52. The fraction of sp³-hybridized carbons (Fsp3) is 0.182. The number of nitrogens with one attached hydrogen (secondary N) is 1. The number of benzene rings is 1. The minimum Gasteiger partial charge on any atom is -0.482 e. The summed E-state index contributed by atoms with van der Waals surface area (Å²) < 4.78 is 5.14. The van der Waals surface area contributed by atoms with Gasteiger partial charge in [-0.25, -0.2) is 0 Å². The first kappa shape index (κ1) is 11.5. The van der Waals surface area contributed by atoms with E-state index in [2.05, 4.69) is 5.32 Å². The largest absolute Gasteiger partial charge is 0.482 e. The smallest absolute Gasteiger partial charge is 0.258 e. The van der Waals surface area contributed by atoms with Crippen LogP contribution < -0.4 is 10.1 Å². The molecule has 0 saturated heterocycles. The number of carbonyl (C=O) groups is 1.